The molecular formula is C19H24N2O3S. The predicted molar refractivity (Wildman–Crippen MR) is 99.0 cm³/mol. The summed E-state index contributed by atoms with van der Waals surface area (Å²) in [6.45, 7) is 0.432. The molecule has 0 radical (unpaired) electrons. The van der Waals surface area contributed by atoms with Crippen LogP contribution in [0.4, 0.5) is 0 Å². The van der Waals surface area contributed by atoms with Gasteiger partial charge in [0.25, 0.3) is 0 Å². The molecule has 1 N–H and O–H groups in total. The van der Waals surface area contributed by atoms with Crippen molar-refractivity contribution in [2.24, 2.45) is 0 Å². The summed E-state index contributed by atoms with van der Waals surface area (Å²) in [7, 11) is 0.463. The average Bonchev–Trinajstić information content (AvgIpc) is 2.61. The van der Waals surface area contributed by atoms with Gasteiger partial charge in [-0.25, -0.2) is 8.42 Å². The Bertz CT molecular complexity index is 775. The van der Waals surface area contributed by atoms with Gasteiger partial charge >= 0.3 is 0 Å². The minimum absolute atomic E-state index is 0.0379. The van der Waals surface area contributed by atoms with Gasteiger partial charge in [-0.15, -0.1) is 0 Å². The lowest BCUT2D eigenvalue weighted by Gasteiger charge is -2.25. The maximum Gasteiger partial charge on any atom is 0.221 e. The fourth-order valence-corrected chi connectivity index (χ4v) is 3.81. The third-order valence-electron chi connectivity index (χ3n) is 4.00. The summed E-state index contributed by atoms with van der Waals surface area (Å²) in [5.41, 5.74) is 1.10. The molecule has 0 aromatic heterocycles. The van der Waals surface area contributed by atoms with E-state index in [1.165, 1.54) is 0 Å². The zero-order valence-corrected chi connectivity index (χ0v) is 15.4. The van der Waals surface area contributed by atoms with Crippen LogP contribution in [-0.4, -0.2) is 45.6 Å². The zero-order valence-electron chi connectivity index (χ0n) is 14.6. The van der Waals surface area contributed by atoms with Crippen molar-refractivity contribution in [1.29, 1.82) is 0 Å². The highest BCUT2D eigenvalue weighted by Gasteiger charge is 2.18. The van der Waals surface area contributed by atoms with Gasteiger partial charge in [0.2, 0.25) is 5.91 Å². The van der Waals surface area contributed by atoms with Gasteiger partial charge in [0.15, 0.2) is 9.84 Å². The van der Waals surface area contributed by atoms with E-state index < -0.39 is 9.84 Å². The smallest absolute Gasteiger partial charge is 0.221 e. The number of benzene rings is 2. The summed E-state index contributed by atoms with van der Waals surface area (Å²) >= 11 is 0. The molecule has 0 saturated carbocycles. The van der Waals surface area contributed by atoms with Crippen LogP contribution in [0.3, 0.4) is 0 Å². The van der Waals surface area contributed by atoms with E-state index in [-0.39, 0.29) is 29.0 Å². The predicted octanol–water partition coefficient (Wildman–Crippen LogP) is 2.27. The number of likely N-dealkylation sites (N-methyl/N-ethyl adjacent to an activating group) is 1. The molecule has 0 bridgehead atoms. The van der Waals surface area contributed by atoms with Crippen molar-refractivity contribution in [3.05, 3.63) is 66.2 Å². The molecule has 2 rings (SSSR count). The Labute approximate surface area is 149 Å². The second kappa shape index (κ2) is 8.78. The minimum atomic E-state index is -3.43. The van der Waals surface area contributed by atoms with Crippen LogP contribution in [0.2, 0.25) is 0 Å². The molecule has 0 fully saturated rings. The third-order valence-corrected chi connectivity index (χ3v) is 5.73. The van der Waals surface area contributed by atoms with Gasteiger partial charge in [0.05, 0.1) is 16.7 Å². The average molecular weight is 360 g/mol. The Kier molecular flexibility index (Phi) is 6.73. The van der Waals surface area contributed by atoms with Crippen molar-refractivity contribution in [1.82, 2.24) is 10.2 Å². The van der Waals surface area contributed by atoms with E-state index in [1.54, 1.807) is 30.3 Å². The molecule has 0 unspecified atom stereocenters. The summed E-state index contributed by atoms with van der Waals surface area (Å²) < 4.78 is 24.4. The summed E-state index contributed by atoms with van der Waals surface area (Å²) in [5.74, 6) is -0.455. The lowest BCUT2D eigenvalue weighted by Crippen LogP contribution is -2.35. The van der Waals surface area contributed by atoms with E-state index in [2.05, 4.69) is 5.32 Å². The molecule has 6 heteroatoms. The van der Waals surface area contributed by atoms with Gasteiger partial charge in [0.1, 0.15) is 0 Å². The number of hydrogen-bond acceptors (Lipinski definition) is 4. The van der Waals surface area contributed by atoms with Crippen LogP contribution < -0.4 is 5.32 Å². The number of rotatable bonds is 8. The molecular weight excluding hydrogens is 336 g/mol. The molecule has 2 aromatic rings. The third kappa shape index (κ3) is 5.69. The first-order valence-electron chi connectivity index (χ1n) is 8.16. The van der Waals surface area contributed by atoms with Gasteiger partial charge in [-0.1, -0.05) is 48.5 Å². The van der Waals surface area contributed by atoms with Crippen molar-refractivity contribution in [3.8, 4) is 0 Å². The number of sulfone groups is 1. The SMILES string of the molecule is CN(C)[C@H](CNC(=O)CCS(=O)(=O)c1ccccc1)c1ccccc1. The molecule has 134 valence electrons. The highest BCUT2D eigenvalue weighted by Crippen LogP contribution is 2.17. The van der Waals surface area contributed by atoms with Gasteiger partial charge in [-0.2, -0.15) is 0 Å². The first kappa shape index (κ1) is 19.1. The molecule has 0 heterocycles. The first-order chi connectivity index (χ1) is 11.9. The van der Waals surface area contributed by atoms with E-state index in [4.69, 9.17) is 0 Å². The monoisotopic (exact) mass is 360 g/mol. The van der Waals surface area contributed by atoms with Crippen LogP contribution in [0.25, 0.3) is 0 Å². The van der Waals surface area contributed by atoms with Crippen LogP contribution in [-0.2, 0) is 14.6 Å². The topological polar surface area (TPSA) is 66.5 Å². The van der Waals surface area contributed by atoms with E-state index in [1.807, 2.05) is 49.3 Å². The fourth-order valence-electron chi connectivity index (χ4n) is 2.55. The van der Waals surface area contributed by atoms with E-state index >= 15 is 0 Å². The first-order valence-corrected chi connectivity index (χ1v) is 9.81. The summed E-state index contributed by atoms with van der Waals surface area (Å²) in [4.78, 5) is 14.4. The molecule has 0 aliphatic rings. The van der Waals surface area contributed by atoms with Crippen LogP contribution in [0.1, 0.15) is 18.0 Å². The van der Waals surface area contributed by atoms with Gasteiger partial charge in [-0.05, 0) is 31.8 Å². The lowest BCUT2D eigenvalue weighted by molar-refractivity contribution is -0.120. The van der Waals surface area contributed by atoms with Crippen molar-refractivity contribution in [3.63, 3.8) is 0 Å². The summed E-state index contributed by atoms with van der Waals surface area (Å²) in [6.07, 6.45) is -0.0494. The normalized spacial score (nSPS) is 12.8. The Morgan fingerprint density at radius 1 is 1.00 bits per heavy atom. The Hall–Kier alpha value is -2.18. The molecule has 25 heavy (non-hydrogen) atoms. The molecule has 0 spiro atoms. The van der Waals surface area contributed by atoms with Crippen LogP contribution in [0.5, 0.6) is 0 Å². The van der Waals surface area contributed by atoms with E-state index in [0.717, 1.165) is 5.56 Å². The molecule has 0 aliphatic heterocycles. The van der Waals surface area contributed by atoms with Crippen LogP contribution >= 0.6 is 0 Å². The molecule has 1 amide bonds. The van der Waals surface area contributed by atoms with Crippen molar-refractivity contribution >= 4 is 15.7 Å². The van der Waals surface area contributed by atoms with E-state index in [0.29, 0.717) is 6.54 Å². The van der Waals surface area contributed by atoms with E-state index in [9.17, 15) is 13.2 Å². The second-order valence-corrected chi connectivity index (χ2v) is 8.19. The maximum atomic E-state index is 12.2. The molecule has 0 aliphatic carbocycles. The van der Waals surface area contributed by atoms with Crippen LogP contribution in [0, 0.1) is 0 Å². The van der Waals surface area contributed by atoms with Crippen molar-refractivity contribution in [2.75, 3.05) is 26.4 Å². The Morgan fingerprint density at radius 3 is 2.12 bits per heavy atom. The Morgan fingerprint density at radius 2 is 1.56 bits per heavy atom. The van der Waals surface area contributed by atoms with Crippen molar-refractivity contribution < 1.29 is 13.2 Å². The summed E-state index contributed by atoms with van der Waals surface area (Å²) in [6, 6.07) is 18.1. The molecule has 2 aromatic carbocycles. The van der Waals surface area contributed by atoms with Gasteiger partial charge < -0.3 is 10.2 Å². The highest BCUT2D eigenvalue weighted by atomic mass is 32.2. The van der Waals surface area contributed by atoms with Crippen molar-refractivity contribution in [2.45, 2.75) is 17.4 Å². The fraction of sp³-hybridized carbons (Fsp3) is 0.316. The number of amides is 1. The largest absolute Gasteiger partial charge is 0.354 e. The number of carbonyl (C=O) groups is 1. The minimum Gasteiger partial charge on any atom is -0.354 e. The molecule has 0 saturated heterocycles. The lowest BCUT2D eigenvalue weighted by atomic mass is 10.1. The van der Waals surface area contributed by atoms with Crippen LogP contribution in [0.15, 0.2) is 65.6 Å². The maximum absolute atomic E-state index is 12.2. The standard InChI is InChI=1S/C19H24N2O3S/c1-21(2)18(16-9-5-3-6-10-16)15-20-19(22)13-14-25(23,24)17-11-7-4-8-12-17/h3-12,18H,13-15H2,1-2H3,(H,20,22)/t18-/m1/s1. The number of nitrogens with zero attached hydrogens (tertiary/aromatic N) is 1. The summed E-state index contributed by atoms with van der Waals surface area (Å²) in [5, 5.41) is 2.84. The highest BCUT2D eigenvalue weighted by molar-refractivity contribution is 7.91. The molecule has 5 nitrogen and oxygen atoms in total. The quantitative estimate of drug-likeness (QED) is 0.784. The second-order valence-electron chi connectivity index (χ2n) is 6.08. The Balaban J connectivity index is 1.90. The number of carbonyl (C=O) groups excluding carboxylic acids is 1. The van der Waals surface area contributed by atoms with Gasteiger partial charge in [-0.3, -0.25) is 4.79 Å². The van der Waals surface area contributed by atoms with Gasteiger partial charge in [0, 0.05) is 13.0 Å². The zero-order chi connectivity index (χ0) is 18.3. The number of nitrogens with one attached hydrogen (secondary N) is 1. The number of hydrogen-bond donors (Lipinski definition) is 1. The molecule has 1 atom stereocenters.